The molecule has 0 aliphatic carbocycles. The molecule has 0 aromatic carbocycles. The molecule has 100 valence electrons. The van der Waals surface area contributed by atoms with E-state index in [0.717, 1.165) is 32.1 Å². The topological polar surface area (TPSA) is 66.4 Å². The van der Waals surface area contributed by atoms with Crippen LogP contribution >= 0.6 is 0 Å². The first-order chi connectivity index (χ1) is 8.02. The van der Waals surface area contributed by atoms with Crippen molar-refractivity contribution in [1.82, 2.24) is 5.32 Å². The number of nitrogens with one attached hydrogen (secondary N) is 1. The highest BCUT2D eigenvalue weighted by molar-refractivity contribution is 5.83. The lowest BCUT2D eigenvalue weighted by Gasteiger charge is -2.20. The summed E-state index contributed by atoms with van der Waals surface area (Å²) in [5.41, 5.74) is 0. The largest absolute Gasteiger partial charge is 0.480 e. The van der Waals surface area contributed by atoms with Crippen LogP contribution in [0.5, 0.6) is 0 Å². The number of hydrogen-bond acceptors (Lipinski definition) is 2. The predicted molar refractivity (Wildman–Crippen MR) is 67.8 cm³/mol. The van der Waals surface area contributed by atoms with Gasteiger partial charge < -0.3 is 10.4 Å². The number of carbonyl (C=O) groups is 2. The van der Waals surface area contributed by atoms with Crippen LogP contribution in [0.1, 0.15) is 59.3 Å². The van der Waals surface area contributed by atoms with Gasteiger partial charge in [-0.2, -0.15) is 0 Å². The van der Waals surface area contributed by atoms with Crippen LogP contribution in [0.25, 0.3) is 0 Å². The molecule has 0 radical (unpaired) electrons. The third kappa shape index (κ3) is 6.97. The first-order valence-electron chi connectivity index (χ1n) is 6.55. The normalized spacial score (nSPS) is 14.1. The van der Waals surface area contributed by atoms with Gasteiger partial charge in [0, 0.05) is 6.42 Å². The zero-order chi connectivity index (χ0) is 13.3. The van der Waals surface area contributed by atoms with E-state index in [9.17, 15) is 9.59 Å². The maximum atomic E-state index is 11.6. The Labute approximate surface area is 104 Å². The molecular formula is C13H25NO3. The molecule has 0 spiro atoms. The van der Waals surface area contributed by atoms with Crippen LogP contribution in [0, 0.1) is 5.92 Å². The molecule has 17 heavy (non-hydrogen) atoms. The summed E-state index contributed by atoms with van der Waals surface area (Å²) in [5.74, 6) is -1.12. The Kier molecular flexibility index (Phi) is 8.46. The van der Waals surface area contributed by atoms with Crippen LogP contribution in [0.15, 0.2) is 0 Å². The van der Waals surface area contributed by atoms with E-state index in [1.54, 1.807) is 0 Å². The lowest BCUT2D eigenvalue weighted by atomic mass is 9.99. The molecule has 2 N–H and O–H groups in total. The Bertz CT molecular complexity index is 241. The third-order valence-electron chi connectivity index (χ3n) is 3.05. The maximum absolute atomic E-state index is 11.6. The molecule has 0 aromatic rings. The van der Waals surface area contributed by atoms with Crippen LogP contribution in [0.2, 0.25) is 0 Å². The minimum atomic E-state index is -0.943. The summed E-state index contributed by atoms with van der Waals surface area (Å²) in [7, 11) is 0. The molecule has 0 saturated heterocycles. The van der Waals surface area contributed by atoms with Crippen LogP contribution in [-0.4, -0.2) is 23.0 Å². The fourth-order valence-electron chi connectivity index (χ4n) is 1.64. The summed E-state index contributed by atoms with van der Waals surface area (Å²) >= 11 is 0. The maximum Gasteiger partial charge on any atom is 0.326 e. The van der Waals surface area contributed by atoms with Crippen molar-refractivity contribution in [2.75, 3.05) is 0 Å². The van der Waals surface area contributed by atoms with Crippen LogP contribution < -0.4 is 5.32 Å². The van der Waals surface area contributed by atoms with Crippen molar-refractivity contribution < 1.29 is 14.7 Å². The van der Waals surface area contributed by atoms with E-state index in [0.29, 0.717) is 6.42 Å². The summed E-state index contributed by atoms with van der Waals surface area (Å²) in [4.78, 5) is 22.6. The van der Waals surface area contributed by atoms with Crippen LogP contribution in [0.4, 0.5) is 0 Å². The highest BCUT2D eigenvalue weighted by Crippen LogP contribution is 2.09. The second-order valence-electron chi connectivity index (χ2n) is 4.58. The van der Waals surface area contributed by atoms with Crippen molar-refractivity contribution in [1.29, 1.82) is 0 Å². The lowest BCUT2D eigenvalue weighted by molar-refractivity contribution is -0.143. The number of carbonyl (C=O) groups excluding carboxylic acids is 1. The summed E-state index contributed by atoms with van der Waals surface area (Å²) in [6.45, 7) is 5.88. The number of carboxylic acid groups (broad SMARTS) is 1. The van der Waals surface area contributed by atoms with Gasteiger partial charge in [0.15, 0.2) is 0 Å². The zero-order valence-electron chi connectivity index (χ0n) is 11.2. The summed E-state index contributed by atoms with van der Waals surface area (Å²) in [6.07, 6.45) is 5.30. The molecule has 0 aliphatic rings. The second-order valence-corrected chi connectivity index (χ2v) is 4.58. The van der Waals surface area contributed by atoms with Gasteiger partial charge in [0.25, 0.3) is 0 Å². The first kappa shape index (κ1) is 15.9. The SMILES string of the molecule is CCCCCCC(=O)NC(C(=O)O)C(C)CC. The minimum Gasteiger partial charge on any atom is -0.480 e. The lowest BCUT2D eigenvalue weighted by Crippen LogP contribution is -2.44. The highest BCUT2D eigenvalue weighted by Gasteiger charge is 2.24. The Balaban J connectivity index is 4.00. The van der Waals surface area contributed by atoms with Gasteiger partial charge in [-0.3, -0.25) is 4.79 Å². The third-order valence-corrected chi connectivity index (χ3v) is 3.05. The minimum absolute atomic E-state index is 0.0351. The van der Waals surface area contributed by atoms with Gasteiger partial charge in [0.1, 0.15) is 6.04 Å². The molecule has 0 rings (SSSR count). The molecular weight excluding hydrogens is 218 g/mol. The summed E-state index contributed by atoms with van der Waals surface area (Å²) in [6, 6.07) is -0.751. The molecule has 4 nitrogen and oxygen atoms in total. The smallest absolute Gasteiger partial charge is 0.326 e. The van der Waals surface area contributed by atoms with Crippen molar-refractivity contribution in [3.8, 4) is 0 Å². The van der Waals surface area contributed by atoms with Gasteiger partial charge in [-0.1, -0.05) is 46.5 Å². The average molecular weight is 243 g/mol. The van der Waals surface area contributed by atoms with Crippen molar-refractivity contribution in [3.05, 3.63) is 0 Å². The van der Waals surface area contributed by atoms with Gasteiger partial charge in [0.05, 0.1) is 0 Å². The van der Waals surface area contributed by atoms with Gasteiger partial charge in [-0.15, -0.1) is 0 Å². The van der Waals surface area contributed by atoms with E-state index in [-0.39, 0.29) is 11.8 Å². The molecule has 0 aliphatic heterocycles. The molecule has 0 fully saturated rings. The van der Waals surface area contributed by atoms with Gasteiger partial charge in [0.2, 0.25) is 5.91 Å². The Morgan fingerprint density at radius 3 is 2.29 bits per heavy atom. The zero-order valence-corrected chi connectivity index (χ0v) is 11.2. The molecule has 2 atom stereocenters. The number of amides is 1. The van der Waals surface area contributed by atoms with E-state index in [4.69, 9.17) is 5.11 Å². The quantitative estimate of drug-likeness (QED) is 0.612. The van der Waals surface area contributed by atoms with Crippen molar-refractivity contribution >= 4 is 11.9 Å². The predicted octanol–water partition coefficient (Wildman–Crippen LogP) is 2.57. The van der Waals surface area contributed by atoms with Crippen molar-refractivity contribution in [2.24, 2.45) is 5.92 Å². The van der Waals surface area contributed by atoms with E-state index in [2.05, 4.69) is 12.2 Å². The Morgan fingerprint density at radius 1 is 1.18 bits per heavy atom. The number of hydrogen-bond donors (Lipinski definition) is 2. The summed E-state index contributed by atoms with van der Waals surface area (Å²) in [5, 5.41) is 11.6. The van der Waals surface area contributed by atoms with Crippen LogP contribution in [-0.2, 0) is 9.59 Å². The molecule has 1 amide bonds. The fourth-order valence-corrected chi connectivity index (χ4v) is 1.64. The number of rotatable bonds is 9. The van der Waals surface area contributed by atoms with E-state index >= 15 is 0 Å². The molecule has 2 unspecified atom stereocenters. The Morgan fingerprint density at radius 2 is 1.82 bits per heavy atom. The van der Waals surface area contributed by atoms with Crippen molar-refractivity contribution in [2.45, 2.75) is 65.3 Å². The number of aliphatic carboxylic acids is 1. The standard InChI is InChI=1S/C13H25NO3/c1-4-6-7-8-9-11(15)14-12(13(16)17)10(3)5-2/h10,12H,4-9H2,1-3H3,(H,14,15)(H,16,17). The van der Waals surface area contributed by atoms with E-state index in [1.807, 2.05) is 13.8 Å². The van der Waals surface area contributed by atoms with Gasteiger partial charge in [-0.25, -0.2) is 4.79 Å². The molecule has 0 aromatic heterocycles. The number of carboxylic acids is 1. The molecule has 4 heteroatoms. The Hall–Kier alpha value is -1.06. The fraction of sp³-hybridized carbons (Fsp3) is 0.846. The second kappa shape index (κ2) is 9.02. The summed E-state index contributed by atoms with van der Waals surface area (Å²) < 4.78 is 0. The molecule has 0 heterocycles. The molecule has 0 saturated carbocycles. The molecule has 0 bridgehead atoms. The van der Waals surface area contributed by atoms with E-state index < -0.39 is 12.0 Å². The first-order valence-corrected chi connectivity index (χ1v) is 6.55. The van der Waals surface area contributed by atoms with Gasteiger partial charge >= 0.3 is 5.97 Å². The monoisotopic (exact) mass is 243 g/mol. The number of unbranched alkanes of at least 4 members (excludes halogenated alkanes) is 3. The average Bonchev–Trinajstić information content (AvgIpc) is 2.30. The van der Waals surface area contributed by atoms with Crippen LogP contribution in [0.3, 0.4) is 0 Å². The van der Waals surface area contributed by atoms with Gasteiger partial charge in [-0.05, 0) is 12.3 Å². The van der Waals surface area contributed by atoms with Crippen molar-refractivity contribution in [3.63, 3.8) is 0 Å². The van der Waals surface area contributed by atoms with E-state index in [1.165, 1.54) is 0 Å². The highest BCUT2D eigenvalue weighted by atomic mass is 16.4.